The number of likely N-dealkylation sites (tertiary alicyclic amines) is 1. The third kappa shape index (κ3) is 4.69. The summed E-state index contributed by atoms with van der Waals surface area (Å²) < 4.78 is 5.15. The van der Waals surface area contributed by atoms with Gasteiger partial charge < -0.3 is 10.1 Å². The molecular formula is C20H28N4O. The van der Waals surface area contributed by atoms with Crippen LogP contribution < -0.4 is 10.1 Å². The van der Waals surface area contributed by atoms with E-state index in [1.54, 1.807) is 7.11 Å². The third-order valence-corrected chi connectivity index (χ3v) is 4.70. The van der Waals surface area contributed by atoms with E-state index in [2.05, 4.69) is 65.2 Å². The highest BCUT2D eigenvalue weighted by atomic mass is 16.5. The zero-order valence-electron chi connectivity index (χ0n) is 15.6. The van der Waals surface area contributed by atoms with E-state index in [0.29, 0.717) is 11.9 Å². The number of ether oxygens (including phenoxy) is 1. The summed E-state index contributed by atoms with van der Waals surface area (Å²) in [5.74, 6) is 1.42. The Bertz CT molecular complexity index is 694. The van der Waals surface area contributed by atoms with Gasteiger partial charge in [-0.2, -0.15) is 0 Å². The van der Waals surface area contributed by atoms with Gasteiger partial charge in [-0.1, -0.05) is 45.0 Å². The lowest BCUT2D eigenvalue weighted by Crippen LogP contribution is -2.26. The van der Waals surface area contributed by atoms with Crippen LogP contribution in [0.15, 0.2) is 36.7 Å². The fourth-order valence-electron chi connectivity index (χ4n) is 3.20. The second kappa shape index (κ2) is 7.40. The first-order chi connectivity index (χ1) is 11.9. The Hall–Kier alpha value is -2.14. The van der Waals surface area contributed by atoms with Crippen molar-refractivity contribution < 1.29 is 4.74 Å². The highest BCUT2D eigenvalue weighted by molar-refractivity contribution is 5.38. The van der Waals surface area contributed by atoms with Crippen LogP contribution in [-0.2, 0) is 12.0 Å². The molecule has 0 saturated carbocycles. The van der Waals surface area contributed by atoms with Crippen molar-refractivity contribution in [2.24, 2.45) is 0 Å². The number of hydrogen-bond donors (Lipinski definition) is 1. The summed E-state index contributed by atoms with van der Waals surface area (Å²) in [6.45, 7) is 9.87. The molecular weight excluding hydrogens is 312 g/mol. The normalized spacial score (nSPS) is 18.3. The molecule has 0 spiro atoms. The fourth-order valence-corrected chi connectivity index (χ4v) is 3.20. The van der Waals surface area contributed by atoms with Gasteiger partial charge in [-0.15, -0.1) is 0 Å². The molecule has 2 heterocycles. The van der Waals surface area contributed by atoms with Crippen LogP contribution in [0.2, 0.25) is 0 Å². The van der Waals surface area contributed by atoms with Gasteiger partial charge in [0, 0.05) is 31.7 Å². The van der Waals surface area contributed by atoms with Crippen LogP contribution in [0.4, 0.5) is 5.82 Å². The van der Waals surface area contributed by atoms with Crippen LogP contribution in [0.5, 0.6) is 5.88 Å². The van der Waals surface area contributed by atoms with Crippen molar-refractivity contribution in [3.63, 3.8) is 0 Å². The average Bonchev–Trinajstić information content (AvgIpc) is 3.01. The molecule has 134 valence electrons. The molecule has 1 N–H and O–H groups in total. The SMILES string of the molecule is COc1cc(NC2CCN(Cc3ccc(C(C)(C)C)cc3)C2)ncn1. The molecule has 25 heavy (non-hydrogen) atoms. The molecule has 1 aromatic heterocycles. The van der Waals surface area contributed by atoms with Crippen molar-refractivity contribution in [2.75, 3.05) is 25.5 Å². The summed E-state index contributed by atoms with van der Waals surface area (Å²) in [6.07, 6.45) is 2.65. The van der Waals surface area contributed by atoms with Crippen molar-refractivity contribution in [2.45, 2.75) is 45.2 Å². The minimum absolute atomic E-state index is 0.208. The van der Waals surface area contributed by atoms with E-state index >= 15 is 0 Å². The molecule has 0 amide bonds. The third-order valence-electron chi connectivity index (χ3n) is 4.70. The van der Waals surface area contributed by atoms with Crippen molar-refractivity contribution >= 4 is 5.82 Å². The lowest BCUT2D eigenvalue weighted by molar-refractivity contribution is 0.328. The van der Waals surface area contributed by atoms with Gasteiger partial charge in [-0.25, -0.2) is 9.97 Å². The lowest BCUT2D eigenvalue weighted by atomic mass is 9.87. The van der Waals surface area contributed by atoms with E-state index in [1.165, 1.54) is 17.5 Å². The highest BCUT2D eigenvalue weighted by Crippen LogP contribution is 2.23. The van der Waals surface area contributed by atoms with Gasteiger partial charge in [0.1, 0.15) is 12.1 Å². The Labute approximate surface area is 150 Å². The minimum atomic E-state index is 0.208. The van der Waals surface area contributed by atoms with E-state index in [-0.39, 0.29) is 5.41 Å². The molecule has 2 aromatic rings. The fraction of sp³-hybridized carbons (Fsp3) is 0.500. The van der Waals surface area contributed by atoms with Crippen LogP contribution in [0.3, 0.4) is 0 Å². The Kier molecular flexibility index (Phi) is 5.23. The highest BCUT2D eigenvalue weighted by Gasteiger charge is 2.23. The number of benzene rings is 1. The Morgan fingerprint density at radius 2 is 1.96 bits per heavy atom. The molecule has 1 aliphatic heterocycles. The second-order valence-corrected chi connectivity index (χ2v) is 7.76. The van der Waals surface area contributed by atoms with Gasteiger partial charge >= 0.3 is 0 Å². The van der Waals surface area contributed by atoms with Gasteiger partial charge in [0.25, 0.3) is 0 Å². The number of rotatable bonds is 5. The topological polar surface area (TPSA) is 50.3 Å². The molecule has 1 aromatic carbocycles. The Morgan fingerprint density at radius 3 is 2.64 bits per heavy atom. The predicted octanol–water partition coefficient (Wildman–Crippen LogP) is 3.47. The predicted molar refractivity (Wildman–Crippen MR) is 101 cm³/mol. The van der Waals surface area contributed by atoms with E-state index < -0.39 is 0 Å². The maximum atomic E-state index is 5.15. The maximum Gasteiger partial charge on any atom is 0.218 e. The zero-order valence-corrected chi connectivity index (χ0v) is 15.6. The Balaban J connectivity index is 1.54. The van der Waals surface area contributed by atoms with Gasteiger partial charge in [-0.3, -0.25) is 4.90 Å². The quantitative estimate of drug-likeness (QED) is 0.903. The molecule has 1 fully saturated rings. The summed E-state index contributed by atoms with van der Waals surface area (Å²) in [5, 5.41) is 3.49. The summed E-state index contributed by atoms with van der Waals surface area (Å²) in [4.78, 5) is 10.8. The van der Waals surface area contributed by atoms with Crippen LogP contribution in [0.1, 0.15) is 38.3 Å². The first-order valence-corrected chi connectivity index (χ1v) is 8.88. The van der Waals surface area contributed by atoms with Crippen molar-refractivity contribution in [1.82, 2.24) is 14.9 Å². The zero-order chi connectivity index (χ0) is 17.9. The van der Waals surface area contributed by atoms with Gasteiger partial charge in [0.05, 0.1) is 7.11 Å². The van der Waals surface area contributed by atoms with Crippen molar-refractivity contribution in [3.05, 3.63) is 47.8 Å². The van der Waals surface area contributed by atoms with E-state index in [0.717, 1.165) is 31.9 Å². The minimum Gasteiger partial charge on any atom is -0.481 e. The number of nitrogens with zero attached hydrogens (tertiary/aromatic N) is 3. The number of anilines is 1. The van der Waals surface area contributed by atoms with Gasteiger partial charge in [-0.05, 0) is 23.0 Å². The number of methoxy groups -OCH3 is 1. The molecule has 1 atom stereocenters. The molecule has 0 aliphatic carbocycles. The molecule has 0 bridgehead atoms. The second-order valence-electron chi connectivity index (χ2n) is 7.76. The average molecular weight is 340 g/mol. The molecule has 5 heteroatoms. The van der Waals surface area contributed by atoms with Crippen LogP contribution in [-0.4, -0.2) is 41.1 Å². The molecule has 5 nitrogen and oxygen atoms in total. The first kappa shape index (κ1) is 17.7. The smallest absolute Gasteiger partial charge is 0.218 e. The van der Waals surface area contributed by atoms with Crippen molar-refractivity contribution in [1.29, 1.82) is 0 Å². The summed E-state index contributed by atoms with van der Waals surface area (Å²) in [5.41, 5.74) is 2.96. The standard InChI is InChI=1S/C20H28N4O/c1-20(2,3)16-7-5-15(6-8-16)12-24-10-9-17(13-24)23-18-11-19(25-4)22-14-21-18/h5-8,11,14,17H,9-10,12-13H2,1-4H3,(H,21,22,23). The first-order valence-electron chi connectivity index (χ1n) is 8.88. The van der Waals surface area contributed by atoms with E-state index in [4.69, 9.17) is 4.74 Å². The number of nitrogens with one attached hydrogen (secondary N) is 1. The number of hydrogen-bond acceptors (Lipinski definition) is 5. The molecule has 1 saturated heterocycles. The summed E-state index contributed by atoms with van der Waals surface area (Å²) in [7, 11) is 1.62. The van der Waals surface area contributed by atoms with Crippen LogP contribution in [0.25, 0.3) is 0 Å². The lowest BCUT2D eigenvalue weighted by Gasteiger charge is -2.20. The molecule has 1 aliphatic rings. The van der Waals surface area contributed by atoms with E-state index in [9.17, 15) is 0 Å². The summed E-state index contributed by atoms with van der Waals surface area (Å²) in [6, 6.07) is 11.3. The number of aromatic nitrogens is 2. The monoisotopic (exact) mass is 340 g/mol. The molecule has 3 rings (SSSR count). The van der Waals surface area contributed by atoms with E-state index in [1.807, 2.05) is 6.07 Å². The van der Waals surface area contributed by atoms with Crippen LogP contribution in [0, 0.1) is 0 Å². The summed E-state index contributed by atoms with van der Waals surface area (Å²) >= 11 is 0. The molecule has 1 unspecified atom stereocenters. The molecule has 0 radical (unpaired) electrons. The van der Waals surface area contributed by atoms with Gasteiger partial charge in [0.15, 0.2) is 0 Å². The van der Waals surface area contributed by atoms with Crippen LogP contribution >= 0.6 is 0 Å². The van der Waals surface area contributed by atoms with Gasteiger partial charge in [0.2, 0.25) is 5.88 Å². The Morgan fingerprint density at radius 1 is 1.20 bits per heavy atom. The maximum absolute atomic E-state index is 5.15. The largest absolute Gasteiger partial charge is 0.481 e. The van der Waals surface area contributed by atoms with Crippen molar-refractivity contribution in [3.8, 4) is 5.88 Å².